The van der Waals surface area contributed by atoms with Gasteiger partial charge in [0.15, 0.2) is 0 Å². The largest absolute Gasteiger partial charge is 0.507 e. The van der Waals surface area contributed by atoms with Gasteiger partial charge < -0.3 is 15.5 Å². The third-order valence-electron chi connectivity index (χ3n) is 2.59. The summed E-state index contributed by atoms with van der Waals surface area (Å²) in [4.78, 5) is 11.7. The molecule has 1 unspecified atom stereocenters. The van der Waals surface area contributed by atoms with Crippen molar-refractivity contribution in [2.24, 2.45) is 0 Å². The van der Waals surface area contributed by atoms with Crippen LogP contribution in [0, 0.1) is 5.82 Å². The van der Waals surface area contributed by atoms with Crippen LogP contribution in [0.5, 0.6) is 5.75 Å². The lowest BCUT2D eigenvalue weighted by atomic mass is 10.1. The van der Waals surface area contributed by atoms with Gasteiger partial charge in [-0.1, -0.05) is 0 Å². The van der Waals surface area contributed by atoms with Gasteiger partial charge in [-0.05, 0) is 34.5 Å². The quantitative estimate of drug-likeness (QED) is 0.803. The highest BCUT2D eigenvalue weighted by Gasteiger charge is 2.14. The Morgan fingerprint density at radius 3 is 2.84 bits per heavy atom. The van der Waals surface area contributed by atoms with E-state index in [1.807, 2.05) is 5.38 Å². The summed E-state index contributed by atoms with van der Waals surface area (Å²) in [5, 5.41) is 25.3. The van der Waals surface area contributed by atoms with E-state index in [0.29, 0.717) is 5.56 Å². The number of amides is 1. The lowest BCUT2D eigenvalue weighted by Crippen LogP contribution is -2.28. The highest BCUT2D eigenvalue weighted by molar-refractivity contribution is 7.07. The SMILES string of the molecule is O=C(NCC(O)c1ccsc1)c1ccc(F)cc1O. The van der Waals surface area contributed by atoms with Crippen LogP contribution in [0.3, 0.4) is 0 Å². The maximum absolute atomic E-state index is 12.8. The van der Waals surface area contributed by atoms with Crippen molar-refractivity contribution >= 4 is 17.2 Å². The Kier molecular flexibility index (Phi) is 4.13. The van der Waals surface area contributed by atoms with Crippen LogP contribution in [-0.4, -0.2) is 22.7 Å². The highest BCUT2D eigenvalue weighted by Crippen LogP contribution is 2.19. The summed E-state index contributed by atoms with van der Waals surface area (Å²) in [6, 6.07) is 4.90. The molecule has 0 aliphatic heterocycles. The van der Waals surface area contributed by atoms with E-state index in [9.17, 15) is 19.4 Å². The standard InChI is InChI=1S/C13H12FNO3S/c14-9-1-2-10(11(16)5-9)13(18)15-6-12(17)8-3-4-19-7-8/h1-5,7,12,16-17H,6H2,(H,15,18). The molecule has 0 bridgehead atoms. The van der Waals surface area contributed by atoms with Crippen molar-refractivity contribution in [3.63, 3.8) is 0 Å². The second-order valence-electron chi connectivity index (χ2n) is 3.94. The maximum Gasteiger partial charge on any atom is 0.255 e. The minimum absolute atomic E-state index is 0.0202. The molecule has 0 fully saturated rings. The van der Waals surface area contributed by atoms with Crippen LogP contribution in [0.25, 0.3) is 0 Å². The van der Waals surface area contributed by atoms with Crippen LogP contribution >= 0.6 is 11.3 Å². The minimum Gasteiger partial charge on any atom is -0.507 e. The van der Waals surface area contributed by atoms with Gasteiger partial charge in [-0.3, -0.25) is 4.79 Å². The second kappa shape index (κ2) is 5.81. The summed E-state index contributed by atoms with van der Waals surface area (Å²) in [6.45, 7) is 0.0202. The summed E-state index contributed by atoms with van der Waals surface area (Å²) < 4.78 is 12.8. The first-order valence-electron chi connectivity index (χ1n) is 5.55. The Labute approximate surface area is 113 Å². The zero-order valence-corrected chi connectivity index (χ0v) is 10.7. The Bertz CT molecular complexity index is 571. The number of aliphatic hydroxyl groups is 1. The summed E-state index contributed by atoms with van der Waals surface area (Å²) in [5.74, 6) is -1.61. The predicted octanol–water partition coefficient (Wildman–Crippen LogP) is 2.06. The number of thiophene rings is 1. The molecule has 2 rings (SSSR count). The third kappa shape index (κ3) is 3.30. The van der Waals surface area contributed by atoms with Gasteiger partial charge in [-0.15, -0.1) is 0 Å². The van der Waals surface area contributed by atoms with Crippen molar-refractivity contribution in [1.82, 2.24) is 5.32 Å². The van der Waals surface area contributed by atoms with Gasteiger partial charge in [-0.2, -0.15) is 11.3 Å². The van der Waals surface area contributed by atoms with Crippen molar-refractivity contribution in [2.45, 2.75) is 6.10 Å². The number of halogens is 1. The van der Waals surface area contributed by atoms with Crippen LogP contribution in [0.1, 0.15) is 22.0 Å². The van der Waals surface area contributed by atoms with E-state index < -0.39 is 23.6 Å². The van der Waals surface area contributed by atoms with E-state index >= 15 is 0 Å². The number of carbonyl (C=O) groups excluding carboxylic acids is 1. The van der Waals surface area contributed by atoms with Gasteiger partial charge in [0.2, 0.25) is 0 Å². The normalized spacial score (nSPS) is 12.1. The molecule has 1 aromatic heterocycles. The van der Waals surface area contributed by atoms with Crippen LogP contribution in [0.4, 0.5) is 4.39 Å². The molecule has 100 valence electrons. The number of aliphatic hydroxyl groups excluding tert-OH is 1. The Morgan fingerprint density at radius 1 is 1.42 bits per heavy atom. The number of benzene rings is 1. The zero-order chi connectivity index (χ0) is 13.8. The molecular formula is C13H12FNO3S. The van der Waals surface area contributed by atoms with Crippen molar-refractivity contribution in [2.75, 3.05) is 6.54 Å². The Hall–Kier alpha value is -1.92. The molecule has 1 atom stereocenters. The molecule has 3 N–H and O–H groups in total. The zero-order valence-electron chi connectivity index (χ0n) is 9.84. The maximum atomic E-state index is 12.8. The van der Waals surface area contributed by atoms with Crippen molar-refractivity contribution in [1.29, 1.82) is 0 Å². The highest BCUT2D eigenvalue weighted by atomic mass is 32.1. The van der Waals surface area contributed by atoms with Gasteiger partial charge in [0.25, 0.3) is 5.91 Å². The van der Waals surface area contributed by atoms with E-state index in [-0.39, 0.29) is 12.1 Å². The molecule has 1 heterocycles. The van der Waals surface area contributed by atoms with E-state index in [1.54, 1.807) is 11.4 Å². The van der Waals surface area contributed by atoms with E-state index in [4.69, 9.17) is 0 Å². The topological polar surface area (TPSA) is 69.6 Å². The fourth-order valence-electron chi connectivity index (χ4n) is 1.56. The lowest BCUT2D eigenvalue weighted by molar-refractivity contribution is 0.0914. The first-order chi connectivity index (χ1) is 9.08. The van der Waals surface area contributed by atoms with Gasteiger partial charge in [0.05, 0.1) is 11.7 Å². The molecule has 0 saturated carbocycles. The average Bonchev–Trinajstić information content (AvgIpc) is 2.89. The molecule has 0 aliphatic rings. The van der Waals surface area contributed by atoms with E-state index in [2.05, 4.69) is 5.32 Å². The molecule has 2 aromatic rings. The van der Waals surface area contributed by atoms with Crippen molar-refractivity contribution < 1.29 is 19.4 Å². The van der Waals surface area contributed by atoms with Crippen LogP contribution < -0.4 is 5.32 Å². The first kappa shape index (κ1) is 13.5. The van der Waals surface area contributed by atoms with Gasteiger partial charge in [-0.25, -0.2) is 4.39 Å². The number of rotatable bonds is 4. The molecule has 0 aliphatic carbocycles. The van der Waals surface area contributed by atoms with Gasteiger partial charge >= 0.3 is 0 Å². The molecule has 4 nitrogen and oxygen atoms in total. The monoisotopic (exact) mass is 281 g/mol. The van der Waals surface area contributed by atoms with E-state index in [0.717, 1.165) is 12.1 Å². The first-order valence-corrected chi connectivity index (χ1v) is 6.49. The Morgan fingerprint density at radius 2 is 2.21 bits per heavy atom. The third-order valence-corrected chi connectivity index (χ3v) is 3.29. The second-order valence-corrected chi connectivity index (χ2v) is 4.72. The summed E-state index contributed by atoms with van der Waals surface area (Å²) in [5.41, 5.74) is 0.688. The molecular weight excluding hydrogens is 269 g/mol. The number of nitrogens with one attached hydrogen (secondary N) is 1. The van der Waals surface area contributed by atoms with E-state index in [1.165, 1.54) is 17.4 Å². The van der Waals surface area contributed by atoms with Crippen molar-refractivity contribution in [3.8, 4) is 5.75 Å². The predicted molar refractivity (Wildman–Crippen MR) is 69.7 cm³/mol. The number of phenols is 1. The summed E-state index contributed by atoms with van der Waals surface area (Å²) in [7, 11) is 0. The molecule has 19 heavy (non-hydrogen) atoms. The molecule has 6 heteroatoms. The fraction of sp³-hybridized carbons (Fsp3) is 0.154. The number of phenolic OH excluding ortho intramolecular Hbond substituents is 1. The minimum atomic E-state index is -0.808. The molecule has 1 amide bonds. The van der Waals surface area contributed by atoms with Gasteiger partial charge in [0, 0.05) is 12.6 Å². The van der Waals surface area contributed by atoms with Crippen LogP contribution in [-0.2, 0) is 0 Å². The summed E-state index contributed by atoms with van der Waals surface area (Å²) in [6.07, 6.45) is -0.808. The van der Waals surface area contributed by atoms with Gasteiger partial charge in [0.1, 0.15) is 11.6 Å². The Balaban J connectivity index is 1.98. The molecule has 0 saturated heterocycles. The number of hydrogen-bond donors (Lipinski definition) is 3. The number of carbonyl (C=O) groups is 1. The summed E-state index contributed by atoms with van der Waals surface area (Å²) >= 11 is 1.45. The lowest BCUT2D eigenvalue weighted by Gasteiger charge is -2.11. The van der Waals surface area contributed by atoms with Crippen molar-refractivity contribution in [3.05, 3.63) is 52.0 Å². The fourth-order valence-corrected chi connectivity index (χ4v) is 2.27. The average molecular weight is 281 g/mol. The van der Waals surface area contributed by atoms with Crippen LogP contribution in [0.2, 0.25) is 0 Å². The van der Waals surface area contributed by atoms with Crippen LogP contribution in [0.15, 0.2) is 35.0 Å². The number of hydrogen-bond acceptors (Lipinski definition) is 4. The molecule has 0 radical (unpaired) electrons. The molecule has 0 spiro atoms. The smallest absolute Gasteiger partial charge is 0.255 e. The number of aromatic hydroxyl groups is 1. The molecule has 1 aromatic carbocycles.